The van der Waals surface area contributed by atoms with Gasteiger partial charge in [-0.3, -0.25) is 13.9 Å². The van der Waals surface area contributed by atoms with E-state index in [1.54, 1.807) is 35.1 Å². The molecule has 0 saturated heterocycles. The van der Waals surface area contributed by atoms with Crippen LogP contribution < -0.4 is 11.0 Å². The molecule has 0 aliphatic heterocycles. The van der Waals surface area contributed by atoms with E-state index in [0.29, 0.717) is 25.3 Å². The van der Waals surface area contributed by atoms with Gasteiger partial charge in [0.05, 0.1) is 15.9 Å². The van der Waals surface area contributed by atoms with Gasteiger partial charge in [0, 0.05) is 38.3 Å². The van der Waals surface area contributed by atoms with E-state index in [0.717, 1.165) is 11.0 Å². The number of hydrogen-bond donors (Lipinski definition) is 1. The van der Waals surface area contributed by atoms with Crippen molar-refractivity contribution in [3.05, 3.63) is 59.0 Å². The Balaban J connectivity index is 1.69. The van der Waals surface area contributed by atoms with Crippen LogP contribution in [0.3, 0.4) is 0 Å². The lowest BCUT2D eigenvalue weighted by molar-refractivity contribution is -0.116. The third-order valence-electron chi connectivity index (χ3n) is 5.29. The molecule has 0 aliphatic carbocycles. The molecule has 0 atom stereocenters. The number of nitrogens with one attached hydrogen (secondary N) is 1. The number of benzene rings is 2. The number of aromatic nitrogens is 2. The molecule has 2 aromatic carbocycles. The van der Waals surface area contributed by atoms with Crippen LogP contribution in [0.15, 0.2) is 58.2 Å². The van der Waals surface area contributed by atoms with E-state index in [-0.39, 0.29) is 29.5 Å². The van der Waals surface area contributed by atoms with Crippen molar-refractivity contribution in [2.45, 2.75) is 45.2 Å². The van der Waals surface area contributed by atoms with Crippen molar-refractivity contribution < 1.29 is 13.2 Å². The van der Waals surface area contributed by atoms with Crippen LogP contribution in [0.25, 0.3) is 11.0 Å². The van der Waals surface area contributed by atoms with Crippen molar-refractivity contribution in [2.24, 2.45) is 0 Å². The second kappa shape index (κ2) is 9.49. The van der Waals surface area contributed by atoms with Crippen LogP contribution >= 0.6 is 0 Å². The Morgan fingerprint density at radius 1 is 0.935 bits per heavy atom. The summed E-state index contributed by atoms with van der Waals surface area (Å²) in [5.41, 5.74) is 2.02. The summed E-state index contributed by atoms with van der Waals surface area (Å²) in [6.45, 7) is 7.09. The van der Waals surface area contributed by atoms with Crippen molar-refractivity contribution in [3.8, 4) is 0 Å². The third kappa shape index (κ3) is 4.57. The zero-order chi connectivity index (χ0) is 22.6. The number of sulfonamides is 1. The molecule has 31 heavy (non-hydrogen) atoms. The van der Waals surface area contributed by atoms with Gasteiger partial charge in [0.25, 0.3) is 0 Å². The first-order chi connectivity index (χ1) is 14.8. The first-order valence-electron chi connectivity index (χ1n) is 10.4. The lowest BCUT2D eigenvalue weighted by Gasteiger charge is -2.18. The van der Waals surface area contributed by atoms with E-state index in [1.807, 2.05) is 31.2 Å². The fraction of sp³-hybridized carbons (Fsp3) is 0.364. The van der Waals surface area contributed by atoms with Crippen molar-refractivity contribution in [1.82, 2.24) is 13.4 Å². The number of carbonyl (C=O) groups excluding carboxylic acids is 1. The summed E-state index contributed by atoms with van der Waals surface area (Å²) in [5, 5.41) is 2.77. The first-order valence-corrected chi connectivity index (χ1v) is 11.9. The van der Waals surface area contributed by atoms with Gasteiger partial charge in [-0.1, -0.05) is 26.0 Å². The van der Waals surface area contributed by atoms with Gasteiger partial charge in [0.2, 0.25) is 15.9 Å². The smallest absolute Gasteiger partial charge is 0.326 e. The molecular weight excluding hydrogens is 416 g/mol. The summed E-state index contributed by atoms with van der Waals surface area (Å²) in [6, 6.07) is 13.6. The topological polar surface area (TPSA) is 93.4 Å². The van der Waals surface area contributed by atoms with E-state index in [1.165, 1.54) is 16.4 Å². The average molecular weight is 445 g/mol. The molecule has 0 aliphatic rings. The van der Waals surface area contributed by atoms with Gasteiger partial charge in [-0.2, -0.15) is 4.31 Å². The molecular formula is C22H28N4O4S. The summed E-state index contributed by atoms with van der Waals surface area (Å²) < 4.78 is 29.8. The number of aryl methyl sites for hydroxylation is 2. The monoisotopic (exact) mass is 444 g/mol. The Morgan fingerprint density at radius 2 is 1.52 bits per heavy atom. The minimum absolute atomic E-state index is 0.122. The molecule has 1 aromatic heterocycles. The molecule has 0 spiro atoms. The van der Waals surface area contributed by atoms with Gasteiger partial charge >= 0.3 is 5.69 Å². The average Bonchev–Trinajstić information content (AvgIpc) is 3.03. The van der Waals surface area contributed by atoms with E-state index >= 15 is 0 Å². The molecule has 0 radical (unpaired) electrons. The minimum atomic E-state index is -3.54. The second-order valence-electron chi connectivity index (χ2n) is 7.08. The molecule has 1 amide bonds. The maximum atomic E-state index is 12.7. The Labute approximate surface area is 182 Å². The maximum Gasteiger partial charge on any atom is 0.329 e. The Hall–Kier alpha value is -2.91. The molecule has 0 unspecified atom stereocenters. The van der Waals surface area contributed by atoms with Crippen LogP contribution in [0.2, 0.25) is 0 Å². The van der Waals surface area contributed by atoms with Gasteiger partial charge in [0.1, 0.15) is 0 Å². The Kier molecular flexibility index (Phi) is 6.97. The highest BCUT2D eigenvalue weighted by molar-refractivity contribution is 7.89. The number of nitrogens with zero attached hydrogens (tertiary/aromatic N) is 3. The molecule has 3 rings (SSSR count). The van der Waals surface area contributed by atoms with Crippen molar-refractivity contribution >= 4 is 32.7 Å². The summed E-state index contributed by atoms with van der Waals surface area (Å²) in [7, 11) is -3.54. The highest BCUT2D eigenvalue weighted by Crippen LogP contribution is 2.19. The van der Waals surface area contributed by atoms with Gasteiger partial charge < -0.3 is 5.32 Å². The number of para-hydroxylation sites is 2. The predicted octanol–water partition coefficient (Wildman–Crippen LogP) is 2.88. The first kappa shape index (κ1) is 22.8. The minimum Gasteiger partial charge on any atom is -0.326 e. The fourth-order valence-corrected chi connectivity index (χ4v) is 5.11. The predicted molar refractivity (Wildman–Crippen MR) is 122 cm³/mol. The number of hydrogen-bond acceptors (Lipinski definition) is 4. The van der Waals surface area contributed by atoms with Gasteiger partial charge in [-0.25, -0.2) is 13.2 Å². The lowest BCUT2D eigenvalue weighted by atomic mass is 10.3. The van der Waals surface area contributed by atoms with Crippen molar-refractivity contribution in [2.75, 3.05) is 18.4 Å². The number of imidazole rings is 1. The SMILES string of the molecule is CCN(CC)S(=O)(=O)c1ccc(NC(=O)CCn2c(=O)n(CC)c3ccccc32)cc1. The highest BCUT2D eigenvalue weighted by atomic mass is 32.2. The second-order valence-corrected chi connectivity index (χ2v) is 9.02. The standard InChI is InChI=1S/C22H28N4O4S/c1-4-24(5-2)31(29,30)18-13-11-17(12-14-18)23-21(27)15-16-26-20-10-8-7-9-19(20)25(6-3)22(26)28/h7-14H,4-6,15-16H2,1-3H3,(H,23,27). The largest absolute Gasteiger partial charge is 0.329 e. The zero-order valence-electron chi connectivity index (χ0n) is 18.0. The number of amides is 1. The van der Waals surface area contributed by atoms with Crippen LogP contribution in [0.4, 0.5) is 5.69 Å². The van der Waals surface area contributed by atoms with Gasteiger partial charge in [-0.05, 0) is 43.3 Å². The zero-order valence-corrected chi connectivity index (χ0v) is 18.9. The third-order valence-corrected chi connectivity index (χ3v) is 7.35. The normalized spacial score (nSPS) is 11.9. The molecule has 1 heterocycles. The Morgan fingerprint density at radius 3 is 2.06 bits per heavy atom. The summed E-state index contributed by atoms with van der Waals surface area (Å²) in [6.07, 6.45) is 0.122. The quantitative estimate of drug-likeness (QED) is 0.549. The number of rotatable bonds is 9. The lowest BCUT2D eigenvalue weighted by Crippen LogP contribution is -2.30. The summed E-state index contributed by atoms with van der Waals surface area (Å²) in [4.78, 5) is 25.3. The Bertz CT molecular complexity index is 1220. The van der Waals surface area contributed by atoms with Crippen LogP contribution in [0, 0.1) is 0 Å². The van der Waals surface area contributed by atoms with Crippen molar-refractivity contribution in [1.29, 1.82) is 0 Å². The van der Waals surface area contributed by atoms with E-state index < -0.39 is 10.0 Å². The fourth-order valence-electron chi connectivity index (χ4n) is 3.65. The van der Waals surface area contributed by atoms with E-state index in [4.69, 9.17) is 0 Å². The van der Waals surface area contributed by atoms with Crippen LogP contribution in [0.5, 0.6) is 0 Å². The molecule has 1 N–H and O–H groups in total. The molecule has 3 aromatic rings. The number of anilines is 1. The van der Waals surface area contributed by atoms with Crippen LogP contribution in [-0.4, -0.2) is 40.9 Å². The van der Waals surface area contributed by atoms with E-state index in [2.05, 4.69) is 5.32 Å². The summed E-state index contributed by atoms with van der Waals surface area (Å²) in [5.74, 6) is -0.250. The number of carbonyl (C=O) groups is 1. The van der Waals surface area contributed by atoms with Crippen molar-refractivity contribution in [3.63, 3.8) is 0 Å². The molecule has 0 bridgehead atoms. The van der Waals surface area contributed by atoms with Gasteiger partial charge in [0.15, 0.2) is 0 Å². The van der Waals surface area contributed by atoms with Crippen LogP contribution in [-0.2, 0) is 27.9 Å². The molecule has 166 valence electrons. The maximum absolute atomic E-state index is 12.7. The van der Waals surface area contributed by atoms with Gasteiger partial charge in [-0.15, -0.1) is 0 Å². The molecule has 8 nitrogen and oxygen atoms in total. The molecule has 9 heteroatoms. The summed E-state index contributed by atoms with van der Waals surface area (Å²) >= 11 is 0. The van der Waals surface area contributed by atoms with Crippen LogP contribution in [0.1, 0.15) is 27.2 Å². The molecule has 0 fully saturated rings. The number of fused-ring (bicyclic) bond motifs is 1. The molecule has 0 saturated carbocycles. The highest BCUT2D eigenvalue weighted by Gasteiger charge is 2.21. The van der Waals surface area contributed by atoms with E-state index in [9.17, 15) is 18.0 Å².